The van der Waals surface area contributed by atoms with Gasteiger partial charge < -0.3 is 15.7 Å². The molecule has 5 nitrogen and oxygen atoms in total. The number of nitrogens with one attached hydrogen (secondary N) is 2. The van der Waals surface area contributed by atoms with Gasteiger partial charge in [-0.15, -0.1) is 12.3 Å². The Morgan fingerprint density at radius 2 is 2.00 bits per heavy atom. The van der Waals surface area contributed by atoms with E-state index in [2.05, 4.69) is 16.6 Å². The number of carbonyl (C=O) groups excluding carboxylic acids is 1. The Morgan fingerprint density at radius 3 is 2.55 bits per heavy atom. The molecule has 1 aromatic rings. The van der Waals surface area contributed by atoms with Gasteiger partial charge in [0.15, 0.2) is 11.6 Å². The smallest absolute Gasteiger partial charge is 0.337 e. The number of urea groups is 1. The second-order valence-corrected chi connectivity index (χ2v) is 4.02. The van der Waals surface area contributed by atoms with Crippen molar-refractivity contribution < 1.29 is 23.5 Å². The summed E-state index contributed by atoms with van der Waals surface area (Å²) in [5.74, 6) is -1.73. The van der Waals surface area contributed by atoms with Crippen molar-refractivity contribution in [1.82, 2.24) is 5.32 Å². The second kappa shape index (κ2) is 6.52. The van der Waals surface area contributed by atoms with Crippen LogP contribution in [0.15, 0.2) is 12.1 Å². The van der Waals surface area contributed by atoms with E-state index in [0.29, 0.717) is 12.1 Å². The number of halogens is 2. The molecule has 1 atom stereocenters. The molecule has 0 bridgehead atoms. The van der Waals surface area contributed by atoms with Gasteiger partial charge in [-0.25, -0.2) is 18.4 Å². The number of hydrogen-bond donors (Lipinski definition) is 3. The number of anilines is 1. The summed E-state index contributed by atoms with van der Waals surface area (Å²) < 4.78 is 26.1. The van der Waals surface area contributed by atoms with Crippen LogP contribution in [0.4, 0.5) is 19.3 Å². The van der Waals surface area contributed by atoms with E-state index in [1.54, 1.807) is 6.92 Å². The number of carboxylic acids is 1. The van der Waals surface area contributed by atoms with E-state index in [9.17, 15) is 18.4 Å². The molecule has 0 fully saturated rings. The van der Waals surface area contributed by atoms with Crippen LogP contribution in [-0.2, 0) is 0 Å². The zero-order valence-corrected chi connectivity index (χ0v) is 10.5. The lowest BCUT2D eigenvalue weighted by Crippen LogP contribution is -2.36. The average molecular weight is 282 g/mol. The van der Waals surface area contributed by atoms with Gasteiger partial charge in [-0.1, -0.05) is 0 Å². The summed E-state index contributed by atoms with van der Waals surface area (Å²) in [6.07, 6.45) is 5.34. The highest BCUT2D eigenvalue weighted by Gasteiger charge is 2.17. The second-order valence-electron chi connectivity index (χ2n) is 4.02. The monoisotopic (exact) mass is 282 g/mol. The number of benzene rings is 1. The Bertz CT molecular complexity index is 582. The molecule has 0 aliphatic heterocycles. The normalized spacial score (nSPS) is 11.3. The molecule has 1 aromatic carbocycles. The molecular weight excluding hydrogens is 270 g/mol. The summed E-state index contributed by atoms with van der Waals surface area (Å²) in [7, 11) is 0. The Balaban J connectivity index is 2.92. The molecule has 1 rings (SSSR count). The summed E-state index contributed by atoms with van der Waals surface area (Å²) in [4.78, 5) is 22.5. The van der Waals surface area contributed by atoms with Crippen molar-refractivity contribution in [2.24, 2.45) is 0 Å². The molecule has 0 aliphatic carbocycles. The number of rotatable bonds is 4. The van der Waals surface area contributed by atoms with E-state index in [4.69, 9.17) is 11.5 Å². The third kappa shape index (κ3) is 3.95. The van der Waals surface area contributed by atoms with Gasteiger partial charge in [0.1, 0.15) is 0 Å². The van der Waals surface area contributed by atoms with E-state index < -0.39 is 29.2 Å². The SMILES string of the molecule is C#CCC(C)NC(=O)Nc1cc(F)c(F)cc1C(=O)O. The van der Waals surface area contributed by atoms with E-state index >= 15 is 0 Å². The zero-order chi connectivity index (χ0) is 15.3. The largest absolute Gasteiger partial charge is 0.478 e. The minimum absolute atomic E-state index is 0.275. The third-order valence-electron chi connectivity index (χ3n) is 2.34. The van der Waals surface area contributed by atoms with Gasteiger partial charge in [-0.3, -0.25) is 0 Å². The number of carbonyl (C=O) groups is 2. The highest BCUT2D eigenvalue weighted by atomic mass is 19.2. The molecule has 7 heteroatoms. The van der Waals surface area contributed by atoms with Crippen LogP contribution in [0.5, 0.6) is 0 Å². The van der Waals surface area contributed by atoms with Gasteiger partial charge in [0.25, 0.3) is 0 Å². The van der Waals surface area contributed by atoms with Crippen molar-refractivity contribution in [1.29, 1.82) is 0 Å². The molecule has 0 radical (unpaired) electrons. The van der Waals surface area contributed by atoms with E-state index in [1.807, 2.05) is 0 Å². The van der Waals surface area contributed by atoms with E-state index in [1.165, 1.54) is 0 Å². The Hall–Kier alpha value is -2.62. The molecule has 20 heavy (non-hydrogen) atoms. The van der Waals surface area contributed by atoms with Crippen molar-refractivity contribution in [3.63, 3.8) is 0 Å². The number of hydrogen-bond acceptors (Lipinski definition) is 2. The number of carboxylic acid groups (broad SMARTS) is 1. The Kier molecular flexibility index (Phi) is 5.03. The topological polar surface area (TPSA) is 78.4 Å². The Morgan fingerprint density at radius 1 is 1.40 bits per heavy atom. The van der Waals surface area contributed by atoms with Crippen LogP contribution in [0, 0.1) is 24.0 Å². The Labute approximate surface area is 114 Å². The van der Waals surface area contributed by atoms with Gasteiger partial charge >= 0.3 is 12.0 Å². The standard InChI is InChI=1S/C13H12F2N2O3/c1-3-4-7(2)16-13(20)17-11-6-10(15)9(14)5-8(11)12(18)19/h1,5-7H,4H2,2H3,(H,18,19)(H2,16,17,20). The molecule has 0 saturated heterocycles. The summed E-state index contributed by atoms with van der Waals surface area (Å²) in [5.41, 5.74) is -0.898. The van der Waals surface area contributed by atoms with Gasteiger partial charge in [0.05, 0.1) is 11.3 Å². The van der Waals surface area contributed by atoms with Crippen molar-refractivity contribution in [3.8, 4) is 12.3 Å². The molecule has 0 aliphatic rings. The van der Waals surface area contributed by atoms with E-state index in [0.717, 1.165) is 0 Å². The lowest BCUT2D eigenvalue weighted by Gasteiger charge is -2.13. The van der Waals surface area contributed by atoms with Crippen LogP contribution in [0.3, 0.4) is 0 Å². The third-order valence-corrected chi connectivity index (χ3v) is 2.34. The fourth-order valence-electron chi connectivity index (χ4n) is 1.44. The summed E-state index contributed by atoms with van der Waals surface area (Å²) in [5, 5.41) is 13.4. The maximum absolute atomic E-state index is 13.1. The lowest BCUT2D eigenvalue weighted by atomic mass is 10.1. The maximum atomic E-state index is 13.1. The number of amides is 2. The minimum Gasteiger partial charge on any atom is -0.478 e. The molecule has 2 amide bonds. The van der Waals surface area contributed by atoms with Gasteiger partial charge in [-0.2, -0.15) is 0 Å². The number of aromatic carboxylic acids is 1. The molecular formula is C13H12F2N2O3. The van der Waals surface area contributed by atoms with Crippen molar-refractivity contribution in [2.75, 3.05) is 5.32 Å². The summed E-state index contributed by atoms with van der Waals surface area (Å²) in [6, 6.07) is -0.0117. The summed E-state index contributed by atoms with van der Waals surface area (Å²) in [6.45, 7) is 1.64. The van der Waals surface area contributed by atoms with Crippen molar-refractivity contribution in [2.45, 2.75) is 19.4 Å². The van der Waals surface area contributed by atoms with Crippen LogP contribution in [0.1, 0.15) is 23.7 Å². The first kappa shape index (κ1) is 15.4. The van der Waals surface area contributed by atoms with Gasteiger partial charge in [0, 0.05) is 18.5 Å². The first-order valence-corrected chi connectivity index (χ1v) is 5.58. The highest BCUT2D eigenvalue weighted by molar-refractivity contribution is 6.00. The highest BCUT2D eigenvalue weighted by Crippen LogP contribution is 2.20. The van der Waals surface area contributed by atoms with Crippen LogP contribution >= 0.6 is 0 Å². The molecule has 3 N–H and O–H groups in total. The van der Waals surface area contributed by atoms with Crippen LogP contribution in [-0.4, -0.2) is 23.1 Å². The van der Waals surface area contributed by atoms with Crippen LogP contribution < -0.4 is 10.6 Å². The molecule has 106 valence electrons. The molecule has 0 spiro atoms. The number of terminal acetylenes is 1. The quantitative estimate of drug-likeness (QED) is 0.741. The maximum Gasteiger partial charge on any atom is 0.337 e. The van der Waals surface area contributed by atoms with Crippen LogP contribution in [0.25, 0.3) is 0 Å². The van der Waals surface area contributed by atoms with Crippen LogP contribution in [0.2, 0.25) is 0 Å². The average Bonchev–Trinajstić information content (AvgIpc) is 2.33. The van der Waals surface area contributed by atoms with E-state index in [-0.39, 0.29) is 18.2 Å². The van der Waals surface area contributed by atoms with Gasteiger partial charge in [-0.05, 0) is 13.0 Å². The molecule has 0 saturated carbocycles. The van der Waals surface area contributed by atoms with Crippen molar-refractivity contribution >= 4 is 17.7 Å². The molecule has 1 unspecified atom stereocenters. The summed E-state index contributed by atoms with van der Waals surface area (Å²) >= 11 is 0. The van der Waals surface area contributed by atoms with Gasteiger partial charge in [0.2, 0.25) is 0 Å². The predicted molar refractivity (Wildman–Crippen MR) is 68.4 cm³/mol. The first-order chi connectivity index (χ1) is 9.35. The minimum atomic E-state index is -1.49. The lowest BCUT2D eigenvalue weighted by molar-refractivity contribution is 0.0697. The predicted octanol–water partition coefficient (Wildman–Crippen LogP) is 2.20. The van der Waals surface area contributed by atoms with Crippen molar-refractivity contribution in [3.05, 3.63) is 29.3 Å². The first-order valence-electron chi connectivity index (χ1n) is 5.58. The molecule has 0 heterocycles. The zero-order valence-electron chi connectivity index (χ0n) is 10.5. The fourth-order valence-corrected chi connectivity index (χ4v) is 1.44. The molecule has 0 aromatic heterocycles. The fraction of sp³-hybridized carbons (Fsp3) is 0.231.